The predicted molar refractivity (Wildman–Crippen MR) is 95.5 cm³/mol. The van der Waals surface area contributed by atoms with Gasteiger partial charge >= 0.3 is 0 Å². The molecular formula is C17H25N3O2S. The van der Waals surface area contributed by atoms with Crippen LogP contribution in [0, 0.1) is 0 Å². The van der Waals surface area contributed by atoms with Crippen molar-refractivity contribution in [1.82, 2.24) is 5.32 Å². The maximum Gasteiger partial charge on any atom is 0.237 e. The van der Waals surface area contributed by atoms with E-state index in [1.165, 1.54) is 0 Å². The van der Waals surface area contributed by atoms with Crippen LogP contribution in [0.4, 0.5) is 5.69 Å². The molecule has 3 N–H and O–H groups in total. The van der Waals surface area contributed by atoms with Crippen LogP contribution in [0.1, 0.15) is 31.2 Å². The number of piperidine rings is 1. The zero-order chi connectivity index (χ0) is 16.7. The second-order valence-corrected chi connectivity index (χ2v) is 6.76. The number of hydrogen-bond donors (Lipinski definition) is 2. The van der Waals surface area contributed by atoms with Gasteiger partial charge in [-0.2, -0.15) is 11.8 Å². The molecule has 0 aromatic heterocycles. The first kappa shape index (κ1) is 17.8. The molecule has 2 rings (SSSR count). The van der Waals surface area contributed by atoms with Gasteiger partial charge in [0.2, 0.25) is 11.8 Å². The highest BCUT2D eigenvalue weighted by atomic mass is 32.2. The van der Waals surface area contributed by atoms with E-state index >= 15 is 0 Å². The zero-order valence-corrected chi connectivity index (χ0v) is 14.4. The van der Waals surface area contributed by atoms with Crippen molar-refractivity contribution in [3.05, 3.63) is 29.8 Å². The minimum Gasteiger partial charge on any atom is -0.351 e. The van der Waals surface area contributed by atoms with Crippen molar-refractivity contribution in [3.63, 3.8) is 0 Å². The molecule has 0 saturated carbocycles. The summed E-state index contributed by atoms with van der Waals surface area (Å²) in [5, 5.41) is 2.86. The Hall–Kier alpha value is -1.53. The van der Waals surface area contributed by atoms with Crippen LogP contribution in [0.2, 0.25) is 0 Å². The molecule has 1 aliphatic rings. The lowest BCUT2D eigenvalue weighted by molar-refractivity contribution is -0.122. The summed E-state index contributed by atoms with van der Waals surface area (Å²) in [6.45, 7) is 1.25. The molecule has 1 aliphatic heterocycles. The van der Waals surface area contributed by atoms with Crippen molar-refractivity contribution in [1.29, 1.82) is 0 Å². The zero-order valence-electron chi connectivity index (χ0n) is 13.6. The van der Waals surface area contributed by atoms with E-state index < -0.39 is 6.04 Å². The largest absolute Gasteiger partial charge is 0.351 e. The Labute approximate surface area is 142 Å². The molecule has 6 heteroatoms. The molecule has 0 radical (unpaired) electrons. The molecule has 23 heavy (non-hydrogen) atoms. The number of hydrogen-bond acceptors (Lipinski definition) is 4. The lowest BCUT2D eigenvalue weighted by Crippen LogP contribution is -2.40. The van der Waals surface area contributed by atoms with Gasteiger partial charge < -0.3 is 16.0 Å². The normalized spacial score (nSPS) is 16.3. The Bertz CT molecular complexity index is 533. The van der Waals surface area contributed by atoms with Crippen LogP contribution in [-0.2, 0) is 16.1 Å². The van der Waals surface area contributed by atoms with Crippen LogP contribution in [0.25, 0.3) is 0 Å². The second-order valence-electron chi connectivity index (χ2n) is 5.77. The van der Waals surface area contributed by atoms with Crippen molar-refractivity contribution >= 4 is 29.3 Å². The highest BCUT2D eigenvalue weighted by molar-refractivity contribution is 7.98. The van der Waals surface area contributed by atoms with E-state index in [4.69, 9.17) is 5.73 Å². The van der Waals surface area contributed by atoms with E-state index in [-0.39, 0.29) is 11.8 Å². The average molecular weight is 335 g/mol. The number of nitrogens with two attached hydrogens (primary N) is 1. The number of carbonyl (C=O) groups excluding carboxylic acids is 2. The first-order valence-corrected chi connectivity index (χ1v) is 9.42. The standard InChI is InChI=1S/C17H25N3O2S/c1-23-11-9-15(18)17(22)19-12-13-5-7-14(8-6-13)20-10-3-2-4-16(20)21/h5-8,15H,2-4,9-12,18H2,1H3,(H,19,22)/t15-/m0/s1. The van der Waals surface area contributed by atoms with Crippen LogP contribution >= 0.6 is 11.8 Å². The lowest BCUT2D eigenvalue weighted by Gasteiger charge is -2.26. The highest BCUT2D eigenvalue weighted by Gasteiger charge is 2.19. The van der Waals surface area contributed by atoms with Gasteiger partial charge in [0.1, 0.15) is 0 Å². The number of benzene rings is 1. The Morgan fingerprint density at radius 1 is 1.35 bits per heavy atom. The third-order valence-corrected chi connectivity index (χ3v) is 4.65. The monoisotopic (exact) mass is 335 g/mol. The van der Waals surface area contributed by atoms with Crippen molar-refractivity contribution < 1.29 is 9.59 Å². The summed E-state index contributed by atoms with van der Waals surface area (Å²) in [5.74, 6) is 0.957. The second kappa shape index (κ2) is 8.93. The fourth-order valence-corrected chi connectivity index (χ4v) is 3.06. The summed E-state index contributed by atoms with van der Waals surface area (Å²) in [5.41, 5.74) is 7.77. The topological polar surface area (TPSA) is 75.4 Å². The van der Waals surface area contributed by atoms with Gasteiger partial charge in [0.05, 0.1) is 6.04 Å². The summed E-state index contributed by atoms with van der Waals surface area (Å²) < 4.78 is 0. The predicted octanol–water partition coefficient (Wildman–Crippen LogP) is 1.90. The Kier molecular flexibility index (Phi) is 6.92. The number of amides is 2. The van der Waals surface area contributed by atoms with Gasteiger partial charge in [-0.25, -0.2) is 0 Å². The SMILES string of the molecule is CSCC[C@H](N)C(=O)NCc1ccc(N2CCCCC2=O)cc1. The third kappa shape index (κ3) is 5.25. The van der Waals surface area contributed by atoms with Gasteiger partial charge in [-0.15, -0.1) is 0 Å². The molecule has 2 amide bonds. The van der Waals surface area contributed by atoms with E-state index in [1.807, 2.05) is 35.4 Å². The Morgan fingerprint density at radius 3 is 2.74 bits per heavy atom. The molecule has 1 heterocycles. The summed E-state index contributed by atoms with van der Waals surface area (Å²) >= 11 is 1.68. The number of nitrogens with zero attached hydrogens (tertiary/aromatic N) is 1. The first-order valence-electron chi connectivity index (χ1n) is 8.03. The molecule has 1 atom stereocenters. The molecule has 1 fully saturated rings. The van der Waals surface area contributed by atoms with Crippen LogP contribution in [0.3, 0.4) is 0 Å². The van der Waals surface area contributed by atoms with E-state index in [0.717, 1.165) is 36.4 Å². The highest BCUT2D eigenvalue weighted by Crippen LogP contribution is 2.21. The number of carbonyl (C=O) groups is 2. The average Bonchev–Trinajstić information content (AvgIpc) is 2.58. The van der Waals surface area contributed by atoms with Crippen LogP contribution in [-0.4, -0.2) is 36.4 Å². The summed E-state index contributed by atoms with van der Waals surface area (Å²) in [7, 11) is 0. The maximum absolute atomic E-state index is 11.9. The lowest BCUT2D eigenvalue weighted by atomic mass is 10.1. The molecule has 0 bridgehead atoms. The van der Waals surface area contributed by atoms with Gasteiger partial charge in [-0.05, 0) is 49.0 Å². The molecule has 0 aliphatic carbocycles. The molecule has 1 aromatic carbocycles. The smallest absolute Gasteiger partial charge is 0.237 e. The Balaban J connectivity index is 1.85. The van der Waals surface area contributed by atoms with Gasteiger partial charge in [0.25, 0.3) is 0 Å². The molecule has 0 spiro atoms. The van der Waals surface area contributed by atoms with Crippen molar-refractivity contribution in [2.24, 2.45) is 5.73 Å². The molecule has 1 aromatic rings. The molecular weight excluding hydrogens is 310 g/mol. The summed E-state index contributed by atoms with van der Waals surface area (Å²) in [4.78, 5) is 25.6. The van der Waals surface area contributed by atoms with Gasteiger partial charge in [0.15, 0.2) is 0 Å². The number of thioether (sulfide) groups is 1. The van der Waals surface area contributed by atoms with Crippen LogP contribution in [0.5, 0.6) is 0 Å². The quantitative estimate of drug-likeness (QED) is 0.798. The number of nitrogens with one attached hydrogen (secondary N) is 1. The van der Waals surface area contributed by atoms with Crippen LogP contribution < -0.4 is 16.0 Å². The number of anilines is 1. The maximum atomic E-state index is 11.9. The first-order chi connectivity index (χ1) is 11.1. The number of rotatable bonds is 7. The van der Waals surface area contributed by atoms with Gasteiger partial charge in [0, 0.05) is 25.2 Å². The fraction of sp³-hybridized carbons (Fsp3) is 0.529. The molecule has 126 valence electrons. The van der Waals surface area contributed by atoms with Gasteiger partial charge in [-0.3, -0.25) is 9.59 Å². The van der Waals surface area contributed by atoms with Crippen molar-refractivity contribution in [2.45, 2.75) is 38.3 Å². The summed E-state index contributed by atoms with van der Waals surface area (Å²) in [6, 6.07) is 7.33. The third-order valence-electron chi connectivity index (χ3n) is 4.01. The van der Waals surface area contributed by atoms with Crippen LogP contribution in [0.15, 0.2) is 24.3 Å². The Morgan fingerprint density at radius 2 is 2.09 bits per heavy atom. The van der Waals surface area contributed by atoms with E-state index in [9.17, 15) is 9.59 Å². The summed E-state index contributed by atoms with van der Waals surface area (Å²) in [6.07, 6.45) is 5.35. The van der Waals surface area contributed by atoms with E-state index in [0.29, 0.717) is 19.4 Å². The fourth-order valence-electron chi connectivity index (χ4n) is 2.57. The minimum atomic E-state index is -0.451. The van der Waals surface area contributed by atoms with Crippen molar-refractivity contribution in [3.8, 4) is 0 Å². The molecule has 1 saturated heterocycles. The van der Waals surface area contributed by atoms with Gasteiger partial charge in [-0.1, -0.05) is 12.1 Å². The van der Waals surface area contributed by atoms with E-state index in [1.54, 1.807) is 11.8 Å². The van der Waals surface area contributed by atoms with Crippen molar-refractivity contribution in [2.75, 3.05) is 23.5 Å². The molecule has 5 nitrogen and oxygen atoms in total. The van der Waals surface area contributed by atoms with E-state index in [2.05, 4.69) is 5.32 Å². The molecule has 0 unspecified atom stereocenters. The minimum absolute atomic E-state index is 0.116.